The summed E-state index contributed by atoms with van der Waals surface area (Å²) in [4.78, 5) is 25.4. The lowest BCUT2D eigenvalue weighted by Gasteiger charge is -2.40. The van der Waals surface area contributed by atoms with E-state index < -0.39 is 5.54 Å². The van der Waals surface area contributed by atoms with Crippen LogP contribution < -0.4 is 20.7 Å². The number of carbonyl (C=O) groups excluding carboxylic acids is 1. The Morgan fingerprint density at radius 3 is 2.93 bits per heavy atom. The third-order valence-electron chi connectivity index (χ3n) is 9.07. The molecule has 5 heterocycles. The van der Waals surface area contributed by atoms with Gasteiger partial charge >= 0.3 is 0 Å². The normalized spacial score (nSPS) is 23.9. The Morgan fingerprint density at radius 2 is 2.10 bits per heavy atom. The molecule has 0 bridgehead atoms. The van der Waals surface area contributed by atoms with Crippen molar-refractivity contribution in [1.29, 1.82) is 0 Å². The number of halogens is 1. The predicted octanol–water partition coefficient (Wildman–Crippen LogP) is 4.63. The summed E-state index contributed by atoms with van der Waals surface area (Å²) in [5, 5.41) is 19.1. The first-order valence-corrected chi connectivity index (χ1v) is 15.6. The van der Waals surface area contributed by atoms with Crippen LogP contribution in [0, 0.1) is 5.92 Å². The SMILES string of the molecule is CCCC1CNCCC1c1nc(C2(Nc3cccc(C(=O)N[C@H]4CCOc5c(Cl)ccnc54)c3)CCN(C)CC2)n[nH]1. The predicted molar refractivity (Wildman–Crippen MR) is 163 cm³/mol. The molecule has 0 aliphatic carbocycles. The molecule has 6 rings (SSSR count). The molecule has 11 heteroatoms. The molecule has 2 fully saturated rings. The van der Waals surface area contributed by atoms with E-state index in [2.05, 4.69) is 44.9 Å². The number of likely N-dealkylation sites (tertiary alicyclic amines) is 1. The molecular formula is C31H41ClN8O2. The van der Waals surface area contributed by atoms with E-state index in [0.717, 1.165) is 69.2 Å². The van der Waals surface area contributed by atoms with Crippen molar-refractivity contribution in [2.45, 2.75) is 62.9 Å². The molecule has 2 unspecified atom stereocenters. The summed E-state index contributed by atoms with van der Waals surface area (Å²) in [5.74, 6) is 3.16. The van der Waals surface area contributed by atoms with E-state index in [-0.39, 0.29) is 11.9 Å². The van der Waals surface area contributed by atoms with Crippen molar-refractivity contribution < 1.29 is 9.53 Å². The number of hydrogen-bond acceptors (Lipinski definition) is 8. The van der Waals surface area contributed by atoms with Gasteiger partial charge in [-0.3, -0.25) is 14.9 Å². The van der Waals surface area contributed by atoms with Gasteiger partial charge in [0.15, 0.2) is 11.6 Å². The summed E-state index contributed by atoms with van der Waals surface area (Å²) in [6, 6.07) is 9.11. The van der Waals surface area contributed by atoms with Gasteiger partial charge in [0.1, 0.15) is 17.1 Å². The molecular weight excluding hydrogens is 552 g/mol. The summed E-state index contributed by atoms with van der Waals surface area (Å²) in [5.41, 5.74) is 1.69. The minimum Gasteiger partial charge on any atom is -0.490 e. The third kappa shape index (κ3) is 5.98. The van der Waals surface area contributed by atoms with Crippen molar-refractivity contribution >= 4 is 23.2 Å². The van der Waals surface area contributed by atoms with Gasteiger partial charge in [-0.2, -0.15) is 5.10 Å². The number of nitrogens with one attached hydrogen (secondary N) is 4. The van der Waals surface area contributed by atoms with Crippen LogP contribution in [0.25, 0.3) is 0 Å². The summed E-state index contributed by atoms with van der Waals surface area (Å²) >= 11 is 6.31. The lowest BCUT2D eigenvalue weighted by Crippen LogP contribution is -2.46. The highest BCUT2D eigenvalue weighted by atomic mass is 35.5. The molecule has 3 atom stereocenters. The highest BCUT2D eigenvalue weighted by Crippen LogP contribution is 2.38. The van der Waals surface area contributed by atoms with Crippen LogP contribution >= 0.6 is 11.6 Å². The van der Waals surface area contributed by atoms with Gasteiger partial charge in [0.2, 0.25) is 0 Å². The van der Waals surface area contributed by atoms with Gasteiger partial charge in [0.25, 0.3) is 5.91 Å². The molecule has 0 radical (unpaired) electrons. The maximum absolute atomic E-state index is 13.4. The Bertz CT molecular complexity index is 1390. The van der Waals surface area contributed by atoms with Crippen LogP contribution in [-0.2, 0) is 5.54 Å². The second-order valence-corrected chi connectivity index (χ2v) is 12.4. The number of H-pyrrole nitrogens is 1. The molecule has 1 amide bonds. The Kier molecular flexibility index (Phi) is 8.65. The molecule has 0 spiro atoms. The first kappa shape index (κ1) is 28.9. The van der Waals surface area contributed by atoms with Crippen molar-refractivity contribution in [3.63, 3.8) is 0 Å². The van der Waals surface area contributed by atoms with Crippen molar-refractivity contribution in [2.24, 2.45) is 5.92 Å². The number of aromatic amines is 1. The van der Waals surface area contributed by atoms with Crippen LogP contribution in [-0.4, -0.2) is 70.8 Å². The van der Waals surface area contributed by atoms with Crippen LogP contribution in [0.2, 0.25) is 5.02 Å². The number of nitrogens with zero attached hydrogens (tertiary/aromatic N) is 4. The van der Waals surface area contributed by atoms with Crippen LogP contribution in [0.1, 0.15) is 85.1 Å². The van der Waals surface area contributed by atoms with Crippen molar-refractivity contribution in [2.75, 3.05) is 45.2 Å². The molecule has 2 saturated heterocycles. The summed E-state index contributed by atoms with van der Waals surface area (Å²) in [6.07, 6.45) is 7.42. The van der Waals surface area contributed by atoms with E-state index in [0.29, 0.717) is 46.9 Å². The number of aromatic nitrogens is 4. The molecule has 224 valence electrons. The van der Waals surface area contributed by atoms with E-state index >= 15 is 0 Å². The minimum atomic E-state index is -0.427. The number of carbonyl (C=O) groups is 1. The van der Waals surface area contributed by atoms with E-state index in [4.69, 9.17) is 26.4 Å². The zero-order valence-corrected chi connectivity index (χ0v) is 25.2. The number of hydrogen-bond donors (Lipinski definition) is 4. The number of fused-ring (bicyclic) bond motifs is 1. The van der Waals surface area contributed by atoms with Crippen LogP contribution in [0.3, 0.4) is 0 Å². The quantitative estimate of drug-likeness (QED) is 0.299. The molecule has 3 aliphatic heterocycles. The van der Waals surface area contributed by atoms with Gasteiger partial charge < -0.3 is 25.6 Å². The van der Waals surface area contributed by atoms with E-state index in [1.807, 2.05) is 24.3 Å². The Morgan fingerprint density at radius 1 is 1.24 bits per heavy atom. The maximum Gasteiger partial charge on any atom is 0.251 e. The molecule has 3 aliphatic rings. The van der Waals surface area contributed by atoms with Gasteiger partial charge in [-0.25, -0.2) is 4.98 Å². The fourth-order valence-corrected chi connectivity index (χ4v) is 6.87. The largest absolute Gasteiger partial charge is 0.490 e. The van der Waals surface area contributed by atoms with E-state index in [9.17, 15) is 4.79 Å². The zero-order chi connectivity index (χ0) is 29.1. The first-order chi connectivity index (χ1) is 20.5. The molecule has 42 heavy (non-hydrogen) atoms. The standard InChI is InChI=1S/C31H41ClN8O2/c1-3-5-21-19-33-13-8-23(21)28-36-30(39-38-28)31(11-15-40(2)16-12-31)37-22-7-4-6-20(18-22)29(41)35-25-10-17-42-27-24(32)9-14-34-26(25)27/h4,6-7,9,14,18,21,23,25,33,37H,3,5,8,10-13,15-17,19H2,1-2H3,(H,35,41)(H,36,38,39)/t21?,23?,25-/m0/s1. The number of benzene rings is 1. The number of pyridine rings is 1. The van der Waals surface area contributed by atoms with Gasteiger partial charge in [-0.1, -0.05) is 31.0 Å². The molecule has 2 aromatic heterocycles. The Balaban J connectivity index is 1.22. The van der Waals surface area contributed by atoms with Gasteiger partial charge in [-0.15, -0.1) is 0 Å². The smallest absolute Gasteiger partial charge is 0.251 e. The number of piperidine rings is 2. The molecule has 4 N–H and O–H groups in total. The van der Waals surface area contributed by atoms with Crippen molar-refractivity contribution in [3.05, 3.63) is 64.5 Å². The Labute approximate surface area is 252 Å². The minimum absolute atomic E-state index is 0.163. The second-order valence-electron chi connectivity index (χ2n) is 12.0. The van der Waals surface area contributed by atoms with Crippen LogP contribution in [0.4, 0.5) is 5.69 Å². The highest BCUT2D eigenvalue weighted by molar-refractivity contribution is 6.32. The lowest BCUT2D eigenvalue weighted by atomic mass is 9.82. The van der Waals surface area contributed by atoms with Crippen LogP contribution in [0.15, 0.2) is 36.5 Å². The average Bonchev–Trinajstić information content (AvgIpc) is 3.51. The number of anilines is 1. The molecule has 1 aromatic carbocycles. The van der Waals surface area contributed by atoms with E-state index in [1.54, 1.807) is 12.3 Å². The Hall–Kier alpha value is -3.21. The molecule has 0 saturated carbocycles. The summed E-state index contributed by atoms with van der Waals surface area (Å²) < 4.78 is 5.72. The van der Waals surface area contributed by atoms with Gasteiger partial charge in [0, 0.05) is 42.9 Å². The highest BCUT2D eigenvalue weighted by Gasteiger charge is 2.40. The number of amides is 1. The molecule has 3 aromatic rings. The van der Waals surface area contributed by atoms with Gasteiger partial charge in [0.05, 0.1) is 17.7 Å². The fraction of sp³-hybridized carbons (Fsp3) is 0.548. The van der Waals surface area contributed by atoms with Crippen molar-refractivity contribution in [3.8, 4) is 5.75 Å². The maximum atomic E-state index is 13.4. The zero-order valence-electron chi connectivity index (χ0n) is 24.5. The van der Waals surface area contributed by atoms with E-state index in [1.165, 1.54) is 6.42 Å². The number of ether oxygens (including phenoxy) is 1. The average molecular weight is 593 g/mol. The third-order valence-corrected chi connectivity index (χ3v) is 9.37. The first-order valence-electron chi connectivity index (χ1n) is 15.2. The lowest BCUT2D eigenvalue weighted by molar-refractivity contribution is 0.0923. The number of rotatable bonds is 8. The monoisotopic (exact) mass is 592 g/mol. The second kappa shape index (κ2) is 12.6. The van der Waals surface area contributed by atoms with Crippen LogP contribution in [0.5, 0.6) is 5.75 Å². The van der Waals surface area contributed by atoms with Crippen molar-refractivity contribution in [1.82, 2.24) is 35.7 Å². The van der Waals surface area contributed by atoms with Gasteiger partial charge in [-0.05, 0) is 76.0 Å². The topological polar surface area (TPSA) is 120 Å². The molecule has 10 nitrogen and oxygen atoms in total. The summed E-state index contributed by atoms with van der Waals surface area (Å²) in [7, 11) is 2.15. The summed E-state index contributed by atoms with van der Waals surface area (Å²) in [6.45, 7) is 6.62. The fourth-order valence-electron chi connectivity index (χ4n) is 6.66.